The first-order valence-electron chi connectivity index (χ1n) is 8.39. The number of aromatic nitrogens is 2. The molecule has 4 heteroatoms. The molecule has 0 amide bonds. The van der Waals surface area contributed by atoms with E-state index in [4.69, 9.17) is 11.6 Å². The number of hydrogen-bond donors (Lipinski definition) is 1. The minimum Gasteiger partial charge on any atom is -0.389 e. The molecule has 1 aliphatic rings. The van der Waals surface area contributed by atoms with Gasteiger partial charge in [-0.25, -0.2) is 0 Å². The van der Waals surface area contributed by atoms with Crippen LogP contribution in [0.2, 0.25) is 5.02 Å². The molecule has 1 N–H and O–H groups in total. The lowest BCUT2D eigenvalue weighted by Crippen LogP contribution is -2.45. The average molecular weight is 313 g/mol. The Bertz CT molecular complexity index is 483. The average Bonchev–Trinajstić information content (AvgIpc) is 2.75. The molecule has 1 aliphatic carbocycles. The van der Waals surface area contributed by atoms with Gasteiger partial charge in [0, 0.05) is 13.0 Å². The largest absolute Gasteiger partial charge is 0.389 e. The van der Waals surface area contributed by atoms with Crippen molar-refractivity contribution in [2.75, 3.05) is 0 Å². The van der Waals surface area contributed by atoms with Gasteiger partial charge in [0.2, 0.25) is 0 Å². The summed E-state index contributed by atoms with van der Waals surface area (Å²) >= 11 is 6.52. The van der Waals surface area contributed by atoms with Crippen LogP contribution < -0.4 is 0 Å². The molecule has 0 aromatic carbocycles. The van der Waals surface area contributed by atoms with Crippen LogP contribution in [-0.4, -0.2) is 20.5 Å². The summed E-state index contributed by atoms with van der Waals surface area (Å²) < 4.78 is 1.98. The fourth-order valence-electron chi connectivity index (χ4n) is 3.90. The van der Waals surface area contributed by atoms with Gasteiger partial charge in [-0.1, -0.05) is 45.2 Å². The molecule has 1 aromatic heterocycles. The summed E-state index contributed by atoms with van der Waals surface area (Å²) in [6.45, 7) is 9.40. The Balaban J connectivity index is 2.32. The summed E-state index contributed by atoms with van der Waals surface area (Å²) in [4.78, 5) is 0. The van der Waals surface area contributed by atoms with Gasteiger partial charge < -0.3 is 5.11 Å². The third kappa shape index (κ3) is 3.29. The smallest absolute Gasteiger partial charge is 0.0850 e. The highest BCUT2D eigenvalue weighted by molar-refractivity contribution is 6.31. The van der Waals surface area contributed by atoms with E-state index in [-0.39, 0.29) is 0 Å². The van der Waals surface area contributed by atoms with Crippen molar-refractivity contribution in [3.63, 3.8) is 0 Å². The number of rotatable bonds is 5. The highest BCUT2D eigenvalue weighted by atomic mass is 35.5. The molecule has 0 saturated heterocycles. The Kier molecular flexibility index (Phi) is 5.37. The topological polar surface area (TPSA) is 38.0 Å². The lowest BCUT2D eigenvalue weighted by molar-refractivity contribution is -0.0665. The molecule has 1 aromatic rings. The van der Waals surface area contributed by atoms with Crippen LogP contribution in [0.15, 0.2) is 0 Å². The van der Waals surface area contributed by atoms with Crippen molar-refractivity contribution in [2.24, 2.45) is 11.8 Å². The van der Waals surface area contributed by atoms with Gasteiger partial charge in [-0.2, -0.15) is 5.10 Å². The van der Waals surface area contributed by atoms with Gasteiger partial charge in [0.1, 0.15) is 0 Å². The van der Waals surface area contributed by atoms with Crippen molar-refractivity contribution < 1.29 is 5.11 Å². The minimum absolute atomic E-state index is 0.354. The molecule has 120 valence electrons. The SMILES string of the molecule is CCc1nn(CC)c(CC2(O)CCCCC2C(C)C)c1Cl. The van der Waals surface area contributed by atoms with Gasteiger partial charge in [0.15, 0.2) is 0 Å². The van der Waals surface area contributed by atoms with Gasteiger partial charge in [-0.05, 0) is 38.0 Å². The minimum atomic E-state index is -0.631. The Morgan fingerprint density at radius 2 is 2.10 bits per heavy atom. The van der Waals surface area contributed by atoms with E-state index >= 15 is 0 Å². The van der Waals surface area contributed by atoms with Gasteiger partial charge in [0.05, 0.1) is 22.0 Å². The lowest BCUT2D eigenvalue weighted by atomic mass is 9.68. The van der Waals surface area contributed by atoms with Gasteiger partial charge >= 0.3 is 0 Å². The highest BCUT2D eigenvalue weighted by Gasteiger charge is 2.41. The zero-order valence-electron chi connectivity index (χ0n) is 13.8. The molecule has 0 radical (unpaired) electrons. The monoisotopic (exact) mass is 312 g/mol. The molecule has 0 spiro atoms. The Labute approximate surface area is 133 Å². The van der Waals surface area contributed by atoms with E-state index in [1.165, 1.54) is 6.42 Å². The number of aryl methyl sites for hydroxylation is 2. The second-order valence-electron chi connectivity index (χ2n) is 6.75. The van der Waals surface area contributed by atoms with Crippen molar-refractivity contribution in [3.8, 4) is 0 Å². The van der Waals surface area contributed by atoms with Gasteiger partial charge in [-0.3, -0.25) is 4.68 Å². The van der Waals surface area contributed by atoms with Crippen LogP contribution >= 0.6 is 11.6 Å². The van der Waals surface area contributed by atoms with Crippen LogP contribution in [0.5, 0.6) is 0 Å². The first kappa shape index (κ1) is 16.8. The quantitative estimate of drug-likeness (QED) is 0.883. The van der Waals surface area contributed by atoms with Crippen LogP contribution in [0.25, 0.3) is 0 Å². The first-order valence-corrected chi connectivity index (χ1v) is 8.77. The molecular formula is C17H29ClN2O. The third-order valence-electron chi connectivity index (χ3n) is 5.04. The summed E-state index contributed by atoms with van der Waals surface area (Å²) in [7, 11) is 0. The van der Waals surface area contributed by atoms with E-state index in [0.29, 0.717) is 18.3 Å². The van der Waals surface area contributed by atoms with Crippen molar-refractivity contribution in [1.29, 1.82) is 0 Å². The van der Waals surface area contributed by atoms with E-state index in [1.54, 1.807) is 0 Å². The molecule has 21 heavy (non-hydrogen) atoms. The molecule has 3 nitrogen and oxygen atoms in total. The maximum Gasteiger partial charge on any atom is 0.0850 e. The van der Waals surface area contributed by atoms with Crippen molar-refractivity contribution in [1.82, 2.24) is 9.78 Å². The van der Waals surface area contributed by atoms with E-state index in [0.717, 1.165) is 48.6 Å². The van der Waals surface area contributed by atoms with Crippen LogP contribution in [0, 0.1) is 11.8 Å². The second-order valence-corrected chi connectivity index (χ2v) is 7.13. The molecule has 1 saturated carbocycles. The van der Waals surface area contributed by atoms with E-state index < -0.39 is 5.60 Å². The zero-order chi connectivity index (χ0) is 15.6. The molecular weight excluding hydrogens is 284 g/mol. The summed E-state index contributed by atoms with van der Waals surface area (Å²) in [5.41, 5.74) is 1.34. The third-order valence-corrected chi connectivity index (χ3v) is 5.47. The predicted octanol–water partition coefficient (Wildman–Crippen LogP) is 4.24. The van der Waals surface area contributed by atoms with Crippen LogP contribution in [0.3, 0.4) is 0 Å². The van der Waals surface area contributed by atoms with Crippen molar-refractivity contribution >= 4 is 11.6 Å². The number of aliphatic hydroxyl groups is 1. The summed E-state index contributed by atoms with van der Waals surface area (Å²) in [5.74, 6) is 0.852. The fourth-order valence-corrected chi connectivity index (χ4v) is 4.23. The van der Waals surface area contributed by atoms with Crippen molar-refractivity contribution in [3.05, 3.63) is 16.4 Å². The Hall–Kier alpha value is -0.540. The molecule has 2 unspecified atom stereocenters. The lowest BCUT2D eigenvalue weighted by Gasteiger charge is -2.42. The van der Waals surface area contributed by atoms with E-state index in [1.807, 2.05) is 4.68 Å². The fraction of sp³-hybridized carbons (Fsp3) is 0.824. The van der Waals surface area contributed by atoms with Gasteiger partial charge in [0.25, 0.3) is 0 Å². The zero-order valence-corrected chi connectivity index (χ0v) is 14.6. The molecule has 2 atom stereocenters. The summed E-state index contributed by atoms with van der Waals surface area (Å²) in [5, 5.41) is 16.6. The highest BCUT2D eigenvalue weighted by Crippen LogP contribution is 2.41. The molecule has 2 rings (SSSR count). The predicted molar refractivity (Wildman–Crippen MR) is 87.7 cm³/mol. The summed E-state index contributed by atoms with van der Waals surface area (Å²) in [6.07, 6.45) is 5.81. The first-order chi connectivity index (χ1) is 9.92. The number of halogens is 1. The molecule has 0 aliphatic heterocycles. The maximum atomic E-state index is 11.3. The van der Waals surface area contributed by atoms with Gasteiger partial charge in [-0.15, -0.1) is 0 Å². The number of nitrogens with zero attached hydrogens (tertiary/aromatic N) is 2. The molecule has 1 heterocycles. The van der Waals surface area contributed by atoms with Crippen LogP contribution in [0.4, 0.5) is 0 Å². The van der Waals surface area contributed by atoms with E-state index in [2.05, 4.69) is 32.8 Å². The molecule has 0 bridgehead atoms. The van der Waals surface area contributed by atoms with Crippen molar-refractivity contribution in [2.45, 2.75) is 78.4 Å². The standard InChI is InChI=1S/C17H29ClN2O/c1-5-14-16(18)15(20(6-2)19-14)11-17(21)10-8-7-9-13(17)12(3)4/h12-13,21H,5-11H2,1-4H3. The van der Waals surface area contributed by atoms with Crippen LogP contribution in [0.1, 0.15) is 64.8 Å². The van der Waals surface area contributed by atoms with Crippen LogP contribution in [-0.2, 0) is 19.4 Å². The Morgan fingerprint density at radius 1 is 1.38 bits per heavy atom. The van der Waals surface area contributed by atoms with E-state index in [9.17, 15) is 5.11 Å². The maximum absolute atomic E-state index is 11.3. The normalized spacial score (nSPS) is 26.5. The number of hydrogen-bond acceptors (Lipinski definition) is 2. The Morgan fingerprint density at radius 3 is 2.67 bits per heavy atom. The second kappa shape index (κ2) is 6.70. The summed E-state index contributed by atoms with van der Waals surface area (Å²) in [6, 6.07) is 0. The molecule has 1 fully saturated rings.